The van der Waals surface area contributed by atoms with Crippen molar-refractivity contribution < 1.29 is 0 Å². The van der Waals surface area contributed by atoms with Crippen molar-refractivity contribution >= 4 is 53.3 Å². The van der Waals surface area contributed by atoms with Crippen molar-refractivity contribution in [2.75, 3.05) is 0 Å². The predicted octanol–water partition coefficient (Wildman–Crippen LogP) is 10.9. The van der Waals surface area contributed by atoms with E-state index in [2.05, 4.69) is 150 Å². The molecule has 0 amide bonds. The lowest BCUT2D eigenvalue weighted by atomic mass is 10.0. The number of thiophene rings is 1. The topological polar surface area (TPSA) is 30.7 Å². The zero-order valence-corrected chi connectivity index (χ0v) is 24.5. The smallest absolute Gasteiger partial charge is 0.235 e. The van der Waals surface area contributed by atoms with Crippen LogP contribution in [-0.2, 0) is 0 Å². The fourth-order valence-electron chi connectivity index (χ4n) is 6.41. The lowest BCUT2D eigenvalue weighted by Gasteiger charge is -2.13. The molecule has 0 aliphatic rings. The maximum Gasteiger partial charge on any atom is 0.235 e. The maximum atomic E-state index is 5.37. The van der Waals surface area contributed by atoms with Gasteiger partial charge in [-0.3, -0.25) is 4.57 Å². The zero-order valence-electron chi connectivity index (χ0n) is 23.7. The molecule has 0 N–H and O–H groups in total. The van der Waals surface area contributed by atoms with E-state index in [-0.39, 0.29) is 0 Å². The van der Waals surface area contributed by atoms with Crippen LogP contribution in [0.15, 0.2) is 152 Å². The van der Waals surface area contributed by atoms with Crippen LogP contribution in [0.4, 0.5) is 0 Å². The highest BCUT2D eigenvalue weighted by atomic mass is 32.1. The molecule has 9 rings (SSSR count). The van der Waals surface area contributed by atoms with Gasteiger partial charge in [-0.05, 0) is 41.5 Å². The van der Waals surface area contributed by atoms with Gasteiger partial charge in [-0.25, -0.2) is 9.97 Å². The third-order valence-electron chi connectivity index (χ3n) is 8.44. The quantitative estimate of drug-likeness (QED) is 0.208. The monoisotopic (exact) mass is 579 g/mol. The van der Waals surface area contributed by atoms with E-state index in [4.69, 9.17) is 9.97 Å². The molecule has 0 unspecified atom stereocenters. The minimum atomic E-state index is 0.661. The van der Waals surface area contributed by atoms with Gasteiger partial charge in [-0.1, -0.05) is 121 Å². The Hall–Kier alpha value is -5.58. The number of para-hydroxylation sites is 1. The molecular formula is C40H25N3S. The van der Waals surface area contributed by atoms with Crippen LogP contribution in [0.25, 0.3) is 81.6 Å². The molecule has 0 aliphatic carbocycles. The molecule has 0 atom stereocenters. The number of fused-ring (bicyclic) bond motifs is 6. The van der Waals surface area contributed by atoms with Crippen molar-refractivity contribution in [1.29, 1.82) is 0 Å². The van der Waals surface area contributed by atoms with Gasteiger partial charge in [0.15, 0.2) is 0 Å². The third-order valence-corrected chi connectivity index (χ3v) is 9.58. The highest BCUT2D eigenvalue weighted by Crippen LogP contribution is 2.41. The summed E-state index contributed by atoms with van der Waals surface area (Å²) in [5, 5.41) is 4.86. The molecule has 3 nitrogen and oxygen atoms in total. The van der Waals surface area contributed by atoms with Gasteiger partial charge in [0.05, 0.1) is 22.4 Å². The average molecular weight is 580 g/mol. The van der Waals surface area contributed by atoms with E-state index >= 15 is 0 Å². The van der Waals surface area contributed by atoms with Gasteiger partial charge in [0, 0.05) is 42.1 Å². The molecule has 0 saturated heterocycles. The first kappa shape index (κ1) is 25.0. The Morgan fingerprint density at radius 2 is 1.09 bits per heavy atom. The van der Waals surface area contributed by atoms with Crippen LogP contribution in [0.1, 0.15) is 0 Å². The molecule has 0 bridgehead atoms. The molecular weight excluding hydrogens is 555 g/mol. The van der Waals surface area contributed by atoms with Crippen molar-refractivity contribution in [3.05, 3.63) is 152 Å². The van der Waals surface area contributed by atoms with Crippen LogP contribution in [0, 0.1) is 0 Å². The summed E-state index contributed by atoms with van der Waals surface area (Å²) in [5.41, 5.74) is 8.50. The van der Waals surface area contributed by atoms with Crippen LogP contribution < -0.4 is 0 Å². The third kappa shape index (κ3) is 3.96. The van der Waals surface area contributed by atoms with E-state index in [1.54, 1.807) is 0 Å². The second-order valence-electron chi connectivity index (χ2n) is 11.0. The Bertz CT molecular complexity index is 2490. The maximum absolute atomic E-state index is 5.37. The van der Waals surface area contributed by atoms with E-state index in [0.29, 0.717) is 5.95 Å². The molecule has 0 radical (unpaired) electrons. The van der Waals surface area contributed by atoms with Gasteiger partial charge >= 0.3 is 0 Å². The van der Waals surface area contributed by atoms with Gasteiger partial charge in [0.1, 0.15) is 0 Å². The Balaban J connectivity index is 1.37. The largest absolute Gasteiger partial charge is 0.278 e. The number of hydrogen-bond acceptors (Lipinski definition) is 3. The Morgan fingerprint density at radius 1 is 0.432 bits per heavy atom. The first-order valence-electron chi connectivity index (χ1n) is 14.8. The number of hydrogen-bond donors (Lipinski definition) is 0. The minimum absolute atomic E-state index is 0.661. The molecule has 9 aromatic rings. The van der Waals surface area contributed by atoms with E-state index in [1.807, 2.05) is 17.4 Å². The summed E-state index contributed by atoms with van der Waals surface area (Å²) < 4.78 is 4.77. The van der Waals surface area contributed by atoms with Crippen LogP contribution in [0.3, 0.4) is 0 Å². The second kappa shape index (κ2) is 10.0. The van der Waals surface area contributed by atoms with Gasteiger partial charge < -0.3 is 0 Å². The van der Waals surface area contributed by atoms with Crippen LogP contribution >= 0.6 is 11.3 Å². The highest BCUT2D eigenvalue weighted by Gasteiger charge is 2.19. The van der Waals surface area contributed by atoms with Gasteiger partial charge in [0.2, 0.25) is 5.95 Å². The van der Waals surface area contributed by atoms with Crippen molar-refractivity contribution in [1.82, 2.24) is 14.5 Å². The lowest BCUT2D eigenvalue weighted by Crippen LogP contribution is -2.04. The van der Waals surface area contributed by atoms with Crippen molar-refractivity contribution in [2.24, 2.45) is 0 Å². The first-order valence-corrected chi connectivity index (χ1v) is 15.6. The molecule has 6 aromatic carbocycles. The minimum Gasteiger partial charge on any atom is -0.278 e. The van der Waals surface area contributed by atoms with E-state index in [1.165, 1.54) is 36.5 Å². The average Bonchev–Trinajstić information content (AvgIpc) is 3.64. The SMILES string of the molecule is c1ccc(-c2ccc3c4ccccc4n(-c4nc(-c5ccccc5)cc(-c5cccc6sc7ccccc7c56)n4)c3c2)cc1. The Morgan fingerprint density at radius 3 is 1.93 bits per heavy atom. The normalized spacial score (nSPS) is 11.6. The van der Waals surface area contributed by atoms with E-state index in [0.717, 1.165) is 39.1 Å². The Kier molecular flexibility index (Phi) is 5.68. The van der Waals surface area contributed by atoms with Crippen molar-refractivity contribution in [3.63, 3.8) is 0 Å². The fourth-order valence-corrected chi connectivity index (χ4v) is 7.55. The molecule has 4 heteroatoms. The summed E-state index contributed by atoms with van der Waals surface area (Å²) in [6.45, 7) is 0. The summed E-state index contributed by atoms with van der Waals surface area (Å²) in [5.74, 6) is 0.661. The zero-order chi connectivity index (χ0) is 29.0. The predicted molar refractivity (Wildman–Crippen MR) is 186 cm³/mol. The van der Waals surface area contributed by atoms with Gasteiger partial charge in [-0.2, -0.15) is 0 Å². The molecule has 0 saturated carbocycles. The van der Waals surface area contributed by atoms with Crippen molar-refractivity contribution in [3.8, 4) is 39.6 Å². The summed E-state index contributed by atoms with van der Waals surface area (Å²) in [6, 6.07) is 53.6. The molecule has 3 heterocycles. The fraction of sp³-hybridized carbons (Fsp3) is 0. The Labute approximate surface area is 258 Å². The van der Waals surface area contributed by atoms with Crippen LogP contribution in [0.2, 0.25) is 0 Å². The molecule has 0 spiro atoms. The first-order chi connectivity index (χ1) is 21.8. The number of rotatable bonds is 4. The summed E-state index contributed by atoms with van der Waals surface area (Å²) in [7, 11) is 0. The van der Waals surface area contributed by atoms with Crippen molar-refractivity contribution in [2.45, 2.75) is 0 Å². The number of benzene rings is 6. The van der Waals surface area contributed by atoms with Crippen LogP contribution in [-0.4, -0.2) is 14.5 Å². The summed E-state index contributed by atoms with van der Waals surface area (Å²) in [4.78, 5) is 10.6. The van der Waals surface area contributed by atoms with Gasteiger partial charge in [-0.15, -0.1) is 11.3 Å². The molecule has 3 aromatic heterocycles. The standard InChI is InChI=1S/C40H25N3S/c1-3-12-26(13-4-1)28-22-23-30-29-16-7-9-19-35(29)43(36(30)24-28)40-41-33(27-14-5-2-6-15-27)25-34(42-40)31-18-11-21-38-39(31)32-17-8-10-20-37(32)44-38/h1-25H. The molecule has 0 fully saturated rings. The highest BCUT2D eigenvalue weighted by molar-refractivity contribution is 7.25. The van der Waals surface area contributed by atoms with Crippen LogP contribution in [0.5, 0.6) is 0 Å². The second-order valence-corrected chi connectivity index (χ2v) is 12.1. The lowest BCUT2D eigenvalue weighted by molar-refractivity contribution is 0.996. The summed E-state index contributed by atoms with van der Waals surface area (Å²) >= 11 is 1.83. The van der Waals surface area contributed by atoms with E-state index < -0.39 is 0 Å². The molecule has 44 heavy (non-hydrogen) atoms. The molecule has 0 aliphatic heterocycles. The van der Waals surface area contributed by atoms with Gasteiger partial charge in [0.25, 0.3) is 0 Å². The number of aromatic nitrogens is 3. The number of nitrogens with zero attached hydrogens (tertiary/aromatic N) is 3. The molecule has 206 valence electrons. The summed E-state index contributed by atoms with van der Waals surface area (Å²) in [6.07, 6.45) is 0. The van der Waals surface area contributed by atoms with E-state index in [9.17, 15) is 0 Å².